The average molecular weight is 458 g/mol. The van der Waals surface area contributed by atoms with Crippen molar-refractivity contribution in [2.75, 3.05) is 20.3 Å². The summed E-state index contributed by atoms with van der Waals surface area (Å²) in [5.41, 5.74) is 0.285. The van der Waals surface area contributed by atoms with E-state index in [1.165, 1.54) is 52.6 Å². The van der Waals surface area contributed by atoms with Crippen LogP contribution in [0, 0.1) is 0 Å². The highest BCUT2D eigenvalue weighted by Crippen LogP contribution is 2.15. The van der Waals surface area contributed by atoms with Crippen molar-refractivity contribution in [1.29, 1.82) is 0 Å². The van der Waals surface area contributed by atoms with Gasteiger partial charge in [-0.15, -0.1) is 0 Å². The fourth-order valence-electron chi connectivity index (χ4n) is 3.33. The lowest BCUT2D eigenvalue weighted by Crippen LogP contribution is -2.24. The van der Waals surface area contributed by atoms with Gasteiger partial charge < -0.3 is 23.5 Å². The molecule has 0 amide bonds. The molecule has 2 unspecified atom stereocenters. The van der Waals surface area contributed by atoms with Gasteiger partial charge in [-0.25, -0.2) is 14.0 Å². The topological polar surface area (TPSA) is 76.0 Å². The molecule has 7 nitrogen and oxygen atoms in total. The molecular weight excluding hydrogens is 417 g/mol. The summed E-state index contributed by atoms with van der Waals surface area (Å²) < 4.78 is 35.5. The van der Waals surface area contributed by atoms with Crippen molar-refractivity contribution in [1.82, 2.24) is 4.57 Å². The van der Waals surface area contributed by atoms with Crippen molar-refractivity contribution in [3.05, 3.63) is 24.0 Å². The molecule has 0 aliphatic carbocycles. The van der Waals surface area contributed by atoms with E-state index in [1.807, 2.05) is 0 Å². The molecule has 0 fully saturated rings. The Morgan fingerprint density at radius 1 is 1.00 bits per heavy atom. The van der Waals surface area contributed by atoms with Crippen molar-refractivity contribution in [3.8, 4) is 0 Å². The number of hydrogen-bond donors (Lipinski definition) is 0. The second kappa shape index (κ2) is 17.5. The van der Waals surface area contributed by atoms with Crippen LogP contribution in [0.15, 0.2) is 18.3 Å². The monoisotopic (exact) mass is 457 g/mol. The molecule has 0 aliphatic heterocycles. The van der Waals surface area contributed by atoms with E-state index in [-0.39, 0.29) is 18.9 Å². The van der Waals surface area contributed by atoms with Crippen molar-refractivity contribution < 1.29 is 32.9 Å². The van der Waals surface area contributed by atoms with Crippen LogP contribution in [0.5, 0.6) is 0 Å². The lowest BCUT2D eigenvalue weighted by atomic mass is 10.1. The third-order valence-electron chi connectivity index (χ3n) is 5.14. The normalized spacial score (nSPS) is 12.9. The van der Waals surface area contributed by atoms with E-state index in [4.69, 9.17) is 18.9 Å². The molecule has 1 aromatic rings. The quantitative estimate of drug-likeness (QED) is 0.152. The molecule has 0 radical (unpaired) electrons. The highest BCUT2D eigenvalue weighted by molar-refractivity contribution is 5.87. The predicted molar refractivity (Wildman–Crippen MR) is 120 cm³/mol. The number of alkyl halides is 1. The van der Waals surface area contributed by atoms with Crippen LogP contribution >= 0.6 is 0 Å². The number of esters is 1. The van der Waals surface area contributed by atoms with Crippen molar-refractivity contribution in [2.24, 2.45) is 0 Å². The molecule has 0 aromatic carbocycles. The van der Waals surface area contributed by atoms with Gasteiger partial charge in [0.25, 0.3) is 0 Å². The van der Waals surface area contributed by atoms with Crippen LogP contribution in [0.1, 0.15) is 88.5 Å². The highest BCUT2D eigenvalue weighted by Gasteiger charge is 2.19. The van der Waals surface area contributed by atoms with Crippen molar-refractivity contribution in [3.63, 3.8) is 0 Å². The Bertz CT molecular complexity index is 636. The molecule has 8 heteroatoms. The Morgan fingerprint density at radius 3 is 2.38 bits per heavy atom. The number of aromatic nitrogens is 1. The van der Waals surface area contributed by atoms with E-state index >= 15 is 0 Å². The number of halogens is 1. The van der Waals surface area contributed by atoms with Gasteiger partial charge in [-0.05, 0) is 25.0 Å². The molecule has 2 atom stereocenters. The van der Waals surface area contributed by atoms with Crippen LogP contribution in [0.2, 0.25) is 0 Å². The first kappa shape index (κ1) is 27.9. The van der Waals surface area contributed by atoms with Crippen molar-refractivity contribution in [2.45, 2.75) is 97.1 Å². The lowest BCUT2D eigenvalue weighted by Gasteiger charge is -2.15. The summed E-state index contributed by atoms with van der Waals surface area (Å²) >= 11 is 0. The van der Waals surface area contributed by atoms with Crippen LogP contribution in [-0.2, 0) is 25.5 Å². The van der Waals surface area contributed by atoms with E-state index in [0.29, 0.717) is 19.4 Å². The highest BCUT2D eigenvalue weighted by atomic mass is 19.1. The van der Waals surface area contributed by atoms with Gasteiger partial charge in [-0.3, -0.25) is 0 Å². The van der Waals surface area contributed by atoms with Crippen LogP contribution in [-0.4, -0.2) is 49.5 Å². The summed E-state index contributed by atoms with van der Waals surface area (Å²) in [6, 6.07) is 3.30. The average Bonchev–Trinajstić information content (AvgIpc) is 3.23. The second-order valence-corrected chi connectivity index (χ2v) is 7.92. The van der Waals surface area contributed by atoms with Gasteiger partial charge in [0.2, 0.25) is 6.29 Å². The standard InChI is InChI=1S/C24H40FNO6/c1-4-5-6-7-8-9-10-11-13-21(25)15-17-26-16-12-14-22(26)23(27)31-20(2)32-24(28)30-19-18-29-3/h12,14,16,20-21H,4-11,13,15,17-19H2,1-3H3. The maximum Gasteiger partial charge on any atom is 0.511 e. The molecule has 0 aliphatic rings. The van der Waals surface area contributed by atoms with E-state index in [1.54, 1.807) is 22.9 Å². The zero-order valence-corrected chi connectivity index (χ0v) is 19.9. The number of ether oxygens (including phenoxy) is 4. The number of carbonyl (C=O) groups is 2. The Balaban J connectivity index is 2.27. The van der Waals surface area contributed by atoms with Gasteiger partial charge in [0.15, 0.2) is 0 Å². The number of hydrogen-bond acceptors (Lipinski definition) is 6. The van der Waals surface area contributed by atoms with Gasteiger partial charge in [0, 0.05) is 26.8 Å². The van der Waals surface area contributed by atoms with Gasteiger partial charge in [0.05, 0.1) is 6.61 Å². The zero-order chi connectivity index (χ0) is 23.6. The molecule has 0 N–H and O–H groups in total. The Hall–Kier alpha value is -2.09. The fourth-order valence-corrected chi connectivity index (χ4v) is 3.33. The Morgan fingerprint density at radius 2 is 1.69 bits per heavy atom. The molecule has 0 bridgehead atoms. The summed E-state index contributed by atoms with van der Waals surface area (Å²) in [7, 11) is 1.48. The van der Waals surface area contributed by atoms with Gasteiger partial charge in [-0.1, -0.05) is 58.3 Å². The third-order valence-corrected chi connectivity index (χ3v) is 5.14. The molecule has 1 aromatic heterocycles. The van der Waals surface area contributed by atoms with Crippen LogP contribution in [0.4, 0.5) is 9.18 Å². The third kappa shape index (κ3) is 12.7. The van der Waals surface area contributed by atoms with Crippen LogP contribution in [0.3, 0.4) is 0 Å². The minimum atomic E-state index is -1.11. The van der Waals surface area contributed by atoms with E-state index < -0.39 is 24.6 Å². The van der Waals surface area contributed by atoms with Gasteiger partial charge in [0.1, 0.15) is 18.5 Å². The summed E-state index contributed by atoms with van der Waals surface area (Å²) in [4.78, 5) is 23.9. The summed E-state index contributed by atoms with van der Waals surface area (Å²) in [6.45, 7) is 4.29. The van der Waals surface area contributed by atoms with Crippen LogP contribution in [0.25, 0.3) is 0 Å². The van der Waals surface area contributed by atoms with E-state index in [0.717, 1.165) is 12.8 Å². The van der Waals surface area contributed by atoms with Gasteiger partial charge >= 0.3 is 12.1 Å². The largest absolute Gasteiger partial charge is 0.511 e. The molecule has 1 rings (SSSR count). The van der Waals surface area contributed by atoms with Crippen LogP contribution < -0.4 is 0 Å². The van der Waals surface area contributed by atoms with Crippen molar-refractivity contribution >= 4 is 12.1 Å². The second-order valence-electron chi connectivity index (χ2n) is 7.92. The van der Waals surface area contributed by atoms with E-state index in [9.17, 15) is 14.0 Å². The minimum absolute atomic E-state index is 0.0439. The fraction of sp³-hybridized carbons (Fsp3) is 0.750. The number of nitrogens with zero attached hydrogens (tertiary/aromatic N) is 1. The summed E-state index contributed by atoms with van der Waals surface area (Å²) in [5.74, 6) is -0.648. The lowest BCUT2D eigenvalue weighted by molar-refractivity contribution is -0.0844. The first-order valence-corrected chi connectivity index (χ1v) is 11.8. The number of aryl methyl sites for hydroxylation is 1. The molecule has 0 saturated heterocycles. The smallest absolute Gasteiger partial charge is 0.432 e. The van der Waals surface area contributed by atoms with E-state index in [2.05, 4.69) is 6.92 Å². The maximum absolute atomic E-state index is 14.3. The Kier molecular flexibility index (Phi) is 15.2. The first-order chi connectivity index (χ1) is 15.5. The summed E-state index contributed by atoms with van der Waals surface area (Å²) in [6.07, 6.45) is 9.13. The zero-order valence-electron chi connectivity index (χ0n) is 19.9. The maximum atomic E-state index is 14.3. The molecule has 0 spiro atoms. The molecule has 1 heterocycles. The first-order valence-electron chi connectivity index (χ1n) is 11.8. The molecular formula is C24H40FNO6. The number of carbonyl (C=O) groups excluding carboxylic acids is 2. The molecule has 184 valence electrons. The Labute approximate surface area is 191 Å². The van der Waals surface area contributed by atoms with Gasteiger partial charge in [-0.2, -0.15) is 0 Å². The molecule has 32 heavy (non-hydrogen) atoms. The predicted octanol–water partition coefficient (Wildman–Crippen LogP) is 6.05. The summed E-state index contributed by atoms with van der Waals surface area (Å²) in [5, 5.41) is 0. The SMILES string of the molecule is CCCCCCCCCCC(F)CCn1cccc1C(=O)OC(C)OC(=O)OCCOC. The number of methoxy groups -OCH3 is 1. The molecule has 0 saturated carbocycles. The number of unbranched alkanes of at least 4 members (excludes halogenated alkanes) is 7. The minimum Gasteiger partial charge on any atom is -0.432 e. The number of rotatable bonds is 18.